The summed E-state index contributed by atoms with van der Waals surface area (Å²) < 4.78 is 0. The fraction of sp³-hybridized carbons (Fsp3) is 0.167. The van der Waals surface area contributed by atoms with Crippen LogP contribution >= 0.6 is 11.6 Å². The first-order chi connectivity index (χ1) is 10.2. The van der Waals surface area contributed by atoms with E-state index in [4.69, 9.17) is 18.5 Å². The second-order valence-electron chi connectivity index (χ2n) is 5.03. The molecule has 21 heavy (non-hydrogen) atoms. The Morgan fingerprint density at radius 2 is 1.76 bits per heavy atom. The van der Waals surface area contributed by atoms with Crippen LogP contribution in [0, 0.1) is 6.92 Å². The van der Waals surface area contributed by atoms with Gasteiger partial charge in [-0.05, 0) is 36.6 Å². The van der Waals surface area contributed by atoms with Gasteiger partial charge in [0.25, 0.3) is 0 Å². The van der Waals surface area contributed by atoms with Gasteiger partial charge in [0.1, 0.15) is 5.82 Å². The molecule has 0 bridgehead atoms. The highest BCUT2D eigenvalue weighted by atomic mass is 35.5. The number of halogens is 1. The van der Waals surface area contributed by atoms with Crippen molar-refractivity contribution in [3.8, 4) is 0 Å². The molecule has 1 aromatic heterocycles. The average Bonchev–Trinajstić information content (AvgIpc) is 2.49. The van der Waals surface area contributed by atoms with E-state index in [-0.39, 0.29) is 0 Å². The molecule has 3 rings (SSSR count). The van der Waals surface area contributed by atoms with E-state index < -0.39 is 0 Å². The van der Waals surface area contributed by atoms with E-state index >= 15 is 0 Å². The summed E-state index contributed by atoms with van der Waals surface area (Å²) in [5.74, 6) is 0.790. The van der Waals surface area contributed by atoms with E-state index in [1.807, 2.05) is 18.2 Å². The Morgan fingerprint density at radius 1 is 0.952 bits per heavy atom. The molecule has 2 radical (unpaired) electrons. The quantitative estimate of drug-likeness (QED) is 0.707. The maximum absolute atomic E-state index is 6.00. The minimum Gasteiger partial charge on any atom is -0.237 e. The number of aryl methyl sites for hydroxylation is 2. The number of rotatable bonds is 4. The molecule has 0 amide bonds. The average molecular weight is 295 g/mol. The van der Waals surface area contributed by atoms with Crippen LogP contribution < -0.4 is 0 Å². The van der Waals surface area contributed by atoms with E-state index in [2.05, 4.69) is 34.2 Å². The summed E-state index contributed by atoms with van der Waals surface area (Å²) in [5, 5.41) is 1.46. The van der Waals surface area contributed by atoms with Gasteiger partial charge in [0, 0.05) is 23.8 Å². The summed E-state index contributed by atoms with van der Waals surface area (Å²) in [6.07, 6.45) is 2.84. The van der Waals surface area contributed by atoms with Gasteiger partial charge in [-0.2, -0.15) is 0 Å². The lowest BCUT2D eigenvalue weighted by Gasteiger charge is -2.06. The molecule has 3 aromatic rings. The van der Waals surface area contributed by atoms with Crippen LogP contribution in [0.2, 0.25) is 5.02 Å². The van der Waals surface area contributed by atoms with Crippen LogP contribution in [0.25, 0.3) is 10.9 Å². The second kappa shape index (κ2) is 6.23. The fourth-order valence-corrected chi connectivity index (χ4v) is 2.55. The van der Waals surface area contributed by atoms with Crippen molar-refractivity contribution in [2.45, 2.75) is 19.3 Å². The Morgan fingerprint density at radius 3 is 2.57 bits per heavy atom. The number of fused-ring (bicyclic) bond motifs is 1. The molecule has 0 aliphatic carbocycles. The molecule has 2 nitrogen and oxygen atoms in total. The molecule has 0 saturated carbocycles. The largest absolute Gasteiger partial charge is 0.237 e. The number of aromatic nitrogens is 2. The third kappa shape index (κ3) is 3.40. The molecule has 1 heterocycles. The molecule has 0 fully saturated rings. The van der Waals surface area contributed by atoms with Crippen LogP contribution in [0.15, 0.2) is 48.5 Å². The highest BCUT2D eigenvalue weighted by Crippen LogP contribution is 2.20. The highest BCUT2D eigenvalue weighted by molar-refractivity contribution is 6.31. The van der Waals surface area contributed by atoms with Crippen molar-refractivity contribution < 1.29 is 0 Å². The van der Waals surface area contributed by atoms with E-state index in [1.165, 1.54) is 5.56 Å². The van der Waals surface area contributed by atoms with Gasteiger partial charge >= 0.3 is 0 Å². The predicted molar refractivity (Wildman–Crippen MR) is 86.4 cm³/mol. The third-order valence-corrected chi connectivity index (χ3v) is 3.68. The van der Waals surface area contributed by atoms with Gasteiger partial charge in [-0.25, -0.2) is 9.97 Å². The van der Waals surface area contributed by atoms with E-state index in [1.54, 1.807) is 6.07 Å². The lowest BCUT2D eigenvalue weighted by atomic mass is 10.1. The molecular weight excluding hydrogens is 280 g/mol. The maximum atomic E-state index is 6.00. The fourth-order valence-electron chi connectivity index (χ4n) is 2.38. The van der Waals surface area contributed by atoms with E-state index in [0.717, 1.165) is 36.0 Å². The maximum Gasteiger partial charge on any atom is 0.129 e. The van der Waals surface area contributed by atoms with Crippen molar-refractivity contribution in [3.63, 3.8) is 0 Å². The normalized spacial score (nSPS) is 11.0. The number of nitrogens with zero attached hydrogens (tertiary/aromatic N) is 2. The van der Waals surface area contributed by atoms with Crippen molar-refractivity contribution in [2.75, 3.05) is 0 Å². The van der Waals surface area contributed by atoms with Gasteiger partial charge < -0.3 is 0 Å². The van der Waals surface area contributed by atoms with E-state index in [9.17, 15) is 0 Å². The van der Waals surface area contributed by atoms with Crippen molar-refractivity contribution in [3.05, 3.63) is 77.6 Å². The summed E-state index contributed by atoms with van der Waals surface area (Å²) in [6.45, 7) is 6.00. The van der Waals surface area contributed by atoms with Crippen LogP contribution in [0.5, 0.6) is 0 Å². The SMILES string of the molecule is [CH]c1nc(CCCc2ccccc2)nc2ccc(Cl)cc12. The molecule has 0 aliphatic rings. The molecule has 104 valence electrons. The molecule has 0 unspecified atom stereocenters. The third-order valence-electron chi connectivity index (χ3n) is 3.44. The summed E-state index contributed by atoms with van der Waals surface area (Å²) in [7, 11) is 0. The van der Waals surface area contributed by atoms with Gasteiger partial charge in [0.15, 0.2) is 0 Å². The zero-order valence-electron chi connectivity index (χ0n) is 11.6. The molecule has 0 aliphatic heterocycles. The Bertz CT molecular complexity index is 754. The molecule has 0 saturated heterocycles. The standard InChI is InChI=1S/C18H15ClN2/c1-13-16-12-15(19)10-11-17(16)21-18(20-13)9-5-8-14-6-3-2-4-7-14/h1-4,6-7,10-12H,5,8-9H2. The first-order valence-corrected chi connectivity index (χ1v) is 7.36. The van der Waals surface area contributed by atoms with Crippen LogP contribution in [-0.4, -0.2) is 9.97 Å². The van der Waals surface area contributed by atoms with Crippen LogP contribution in [0.4, 0.5) is 0 Å². The van der Waals surface area contributed by atoms with Gasteiger partial charge in [0.05, 0.1) is 11.2 Å². The monoisotopic (exact) mass is 294 g/mol. The highest BCUT2D eigenvalue weighted by Gasteiger charge is 2.05. The van der Waals surface area contributed by atoms with Crippen molar-refractivity contribution >= 4 is 22.5 Å². The van der Waals surface area contributed by atoms with Gasteiger partial charge in [-0.15, -0.1) is 0 Å². The molecule has 0 atom stereocenters. The molecule has 0 N–H and O–H groups in total. The van der Waals surface area contributed by atoms with Crippen LogP contribution in [-0.2, 0) is 12.8 Å². The van der Waals surface area contributed by atoms with Gasteiger partial charge in [-0.1, -0.05) is 41.9 Å². The Hall–Kier alpha value is -1.93. The van der Waals surface area contributed by atoms with Gasteiger partial charge in [-0.3, -0.25) is 0 Å². The van der Waals surface area contributed by atoms with Crippen molar-refractivity contribution in [2.24, 2.45) is 0 Å². The second-order valence-corrected chi connectivity index (χ2v) is 5.46. The summed E-state index contributed by atoms with van der Waals surface area (Å²) in [4.78, 5) is 8.94. The van der Waals surface area contributed by atoms with Gasteiger partial charge in [0.2, 0.25) is 0 Å². The van der Waals surface area contributed by atoms with Crippen molar-refractivity contribution in [1.29, 1.82) is 0 Å². The summed E-state index contributed by atoms with van der Waals surface area (Å²) >= 11 is 5.97. The lowest BCUT2D eigenvalue weighted by Crippen LogP contribution is -2.00. The molecular formula is C18H15ClN2. The smallest absolute Gasteiger partial charge is 0.129 e. The molecule has 3 heteroatoms. The minimum absolute atomic E-state index is 0.497. The van der Waals surface area contributed by atoms with Crippen LogP contribution in [0.3, 0.4) is 0 Å². The Balaban J connectivity index is 1.74. The number of hydrogen-bond donors (Lipinski definition) is 0. The predicted octanol–water partition coefficient (Wildman–Crippen LogP) is 4.52. The summed E-state index contributed by atoms with van der Waals surface area (Å²) in [5.41, 5.74) is 2.68. The van der Waals surface area contributed by atoms with Crippen LogP contribution in [0.1, 0.15) is 23.5 Å². The zero-order valence-corrected chi connectivity index (χ0v) is 12.3. The van der Waals surface area contributed by atoms with E-state index in [0.29, 0.717) is 10.7 Å². The molecule has 2 aromatic carbocycles. The Labute approximate surface area is 129 Å². The lowest BCUT2D eigenvalue weighted by molar-refractivity contribution is 0.774. The Kier molecular flexibility index (Phi) is 4.16. The topological polar surface area (TPSA) is 25.8 Å². The van der Waals surface area contributed by atoms with Crippen molar-refractivity contribution in [1.82, 2.24) is 9.97 Å². The zero-order chi connectivity index (χ0) is 14.7. The summed E-state index contributed by atoms with van der Waals surface area (Å²) in [6, 6.07) is 15.9. The minimum atomic E-state index is 0.497. The number of hydrogen-bond acceptors (Lipinski definition) is 2. The molecule has 0 spiro atoms. The number of benzene rings is 2. The first kappa shape index (κ1) is 14.0. The first-order valence-electron chi connectivity index (χ1n) is 6.98.